The molecule has 0 spiro atoms. The van der Waals surface area contributed by atoms with Crippen molar-refractivity contribution in [3.63, 3.8) is 0 Å². The molecule has 2 rings (SSSR count). The molecular weight excluding hydrogens is 314 g/mol. The van der Waals surface area contributed by atoms with E-state index in [1.807, 2.05) is 0 Å². The number of halogens is 1. The number of nitrogens with one attached hydrogen (secondary N) is 1. The molecule has 2 unspecified atom stereocenters. The normalized spacial score (nSPS) is 22.0. The molecule has 21 heavy (non-hydrogen) atoms. The van der Waals surface area contributed by atoms with Crippen molar-refractivity contribution >= 4 is 31.3 Å². The summed E-state index contributed by atoms with van der Waals surface area (Å²) in [5.74, 6) is 0.452. The third-order valence-electron chi connectivity index (χ3n) is 3.89. The van der Waals surface area contributed by atoms with Crippen LogP contribution in [0.2, 0.25) is 0 Å². The number of benzene rings is 1. The molecule has 1 fully saturated rings. The van der Waals surface area contributed by atoms with Crippen molar-refractivity contribution in [2.24, 2.45) is 11.8 Å². The van der Waals surface area contributed by atoms with Crippen LogP contribution in [0.1, 0.15) is 26.2 Å². The number of hydrogen-bond acceptors (Lipinski definition) is 4. The molecule has 0 saturated heterocycles. The van der Waals surface area contributed by atoms with Gasteiger partial charge in [-0.25, -0.2) is 8.42 Å². The Bertz CT molecular complexity index is 644. The Morgan fingerprint density at radius 2 is 2.10 bits per heavy atom. The van der Waals surface area contributed by atoms with Crippen LogP contribution in [0.4, 0.5) is 5.69 Å². The van der Waals surface area contributed by atoms with Gasteiger partial charge in [0.1, 0.15) is 10.6 Å². The van der Waals surface area contributed by atoms with Crippen molar-refractivity contribution in [2.75, 3.05) is 12.4 Å². The van der Waals surface area contributed by atoms with Gasteiger partial charge in [-0.15, -0.1) is 0 Å². The van der Waals surface area contributed by atoms with E-state index in [1.165, 1.54) is 25.3 Å². The topological polar surface area (TPSA) is 72.5 Å². The predicted octanol–water partition coefficient (Wildman–Crippen LogP) is 3.00. The molecule has 0 heterocycles. The average molecular weight is 332 g/mol. The van der Waals surface area contributed by atoms with Crippen LogP contribution >= 0.6 is 10.7 Å². The standard InChI is InChI=1S/C14H18ClNO4S/c1-9-4-3-5-11(9)14(17)16-10-6-7-13(21(15,18)19)12(8-10)20-2/h6-9,11H,3-5H2,1-2H3,(H,16,17). The second-order valence-corrected chi connectivity index (χ2v) is 7.84. The largest absolute Gasteiger partial charge is 0.495 e. The van der Waals surface area contributed by atoms with Crippen LogP contribution in [0.3, 0.4) is 0 Å². The zero-order chi connectivity index (χ0) is 15.6. The molecule has 2 atom stereocenters. The third-order valence-corrected chi connectivity index (χ3v) is 5.25. The highest BCUT2D eigenvalue weighted by Gasteiger charge is 2.29. The number of amides is 1. The average Bonchev–Trinajstić information content (AvgIpc) is 2.83. The summed E-state index contributed by atoms with van der Waals surface area (Å²) in [6.45, 7) is 2.07. The third kappa shape index (κ3) is 3.68. The molecule has 7 heteroatoms. The van der Waals surface area contributed by atoms with Gasteiger partial charge in [0.2, 0.25) is 5.91 Å². The fourth-order valence-corrected chi connectivity index (χ4v) is 3.71. The first-order valence-electron chi connectivity index (χ1n) is 6.76. The van der Waals surface area contributed by atoms with Crippen LogP contribution in [-0.4, -0.2) is 21.4 Å². The minimum atomic E-state index is -3.88. The van der Waals surface area contributed by atoms with Crippen LogP contribution < -0.4 is 10.1 Å². The first-order valence-corrected chi connectivity index (χ1v) is 9.07. The minimum absolute atomic E-state index is 0.00688. The van der Waals surface area contributed by atoms with Gasteiger partial charge in [0.05, 0.1) is 7.11 Å². The summed E-state index contributed by atoms with van der Waals surface area (Å²) >= 11 is 0. The Labute approximate surface area is 129 Å². The maximum Gasteiger partial charge on any atom is 0.264 e. The maximum absolute atomic E-state index is 12.2. The van der Waals surface area contributed by atoms with Crippen molar-refractivity contribution in [3.05, 3.63) is 18.2 Å². The van der Waals surface area contributed by atoms with E-state index >= 15 is 0 Å². The summed E-state index contributed by atoms with van der Waals surface area (Å²) < 4.78 is 27.8. The lowest BCUT2D eigenvalue weighted by Gasteiger charge is -2.16. The quantitative estimate of drug-likeness (QED) is 0.861. The zero-order valence-corrected chi connectivity index (χ0v) is 13.5. The van der Waals surface area contributed by atoms with E-state index in [-0.39, 0.29) is 22.5 Å². The summed E-state index contributed by atoms with van der Waals surface area (Å²) in [4.78, 5) is 12.1. The maximum atomic E-state index is 12.2. The van der Waals surface area contributed by atoms with E-state index in [0.717, 1.165) is 19.3 Å². The monoisotopic (exact) mass is 331 g/mol. The second kappa shape index (κ2) is 6.23. The Balaban J connectivity index is 2.20. The van der Waals surface area contributed by atoms with E-state index < -0.39 is 9.05 Å². The van der Waals surface area contributed by atoms with E-state index in [0.29, 0.717) is 11.6 Å². The lowest BCUT2D eigenvalue weighted by atomic mass is 9.97. The highest BCUT2D eigenvalue weighted by molar-refractivity contribution is 8.13. The Morgan fingerprint density at radius 1 is 1.38 bits per heavy atom. The van der Waals surface area contributed by atoms with Crippen molar-refractivity contribution in [2.45, 2.75) is 31.1 Å². The molecule has 0 radical (unpaired) electrons. The molecule has 1 aliphatic rings. The smallest absolute Gasteiger partial charge is 0.264 e. The number of anilines is 1. The van der Waals surface area contributed by atoms with Crippen molar-refractivity contribution in [3.8, 4) is 5.75 Å². The minimum Gasteiger partial charge on any atom is -0.495 e. The molecule has 1 N–H and O–H groups in total. The summed E-state index contributed by atoms with van der Waals surface area (Å²) in [6.07, 6.45) is 3.01. The van der Waals surface area contributed by atoms with Gasteiger partial charge >= 0.3 is 0 Å². The molecule has 0 aliphatic heterocycles. The first kappa shape index (κ1) is 16.1. The van der Waals surface area contributed by atoms with Crippen molar-refractivity contribution < 1.29 is 17.9 Å². The van der Waals surface area contributed by atoms with E-state index in [4.69, 9.17) is 15.4 Å². The highest BCUT2D eigenvalue weighted by Crippen LogP contribution is 2.33. The van der Waals surface area contributed by atoms with Gasteiger partial charge in [0.15, 0.2) is 0 Å². The fourth-order valence-electron chi connectivity index (χ4n) is 2.72. The second-order valence-electron chi connectivity index (χ2n) is 5.31. The Morgan fingerprint density at radius 3 is 2.62 bits per heavy atom. The van der Waals surface area contributed by atoms with Gasteiger partial charge in [-0.3, -0.25) is 4.79 Å². The number of hydrogen-bond donors (Lipinski definition) is 1. The molecule has 0 aromatic heterocycles. The van der Waals surface area contributed by atoms with Gasteiger partial charge in [-0.05, 0) is 30.9 Å². The van der Waals surface area contributed by atoms with Crippen molar-refractivity contribution in [1.29, 1.82) is 0 Å². The van der Waals surface area contributed by atoms with E-state index in [1.54, 1.807) is 0 Å². The fraction of sp³-hybridized carbons (Fsp3) is 0.500. The van der Waals surface area contributed by atoms with Crippen LogP contribution in [-0.2, 0) is 13.8 Å². The molecule has 1 aromatic carbocycles. The summed E-state index contributed by atoms with van der Waals surface area (Å²) in [6, 6.07) is 4.30. The molecule has 116 valence electrons. The highest BCUT2D eigenvalue weighted by atomic mass is 35.7. The summed E-state index contributed by atoms with van der Waals surface area (Å²) in [5, 5.41) is 2.81. The summed E-state index contributed by atoms with van der Waals surface area (Å²) in [7, 11) is 2.80. The SMILES string of the molecule is COc1cc(NC(=O)C2CCCC2C)ccc1S(=O)(=O)Cl. The molecular formula is C14H18ClNO4S. The van der Waals surface area contributed by atoms with Crippen LogP contribution in [0.15, 0.2) is 23.1 Å². The number of carbonyl (C=O) groups excluding carboxylic acids is 1. The lowest BCUT2D eigenvalue weighted by molar-refractivity contribution is -0.120. The van der Waals surface area contributed by atoms with Gasteiger partial charge in [0, 0.05) is 28.4 Å². The number of carbonyl (C=O) groups is 1. The number of ether oxygens (including phenoxy) is 1. The number of rotatable bonds is 4. The van der Waals surface area contributed by atoms with Crippen LogP contribution in [0.5, 0.6) is 5.75 Å². The zero-order valence-electron chi connectivity index (χ0n) is 11.9. The molecule has 1 aliphatic carbocycles. The molecule has 5 nitrogen and oxygen atoms in total. The number of methoxy groups -OCH3 is 1. The Hall–Kier alpha value is -1.27. The molecule has 1 saturated carbocycles. The van der Waals surface area contributed by atoms with Gasteiger partial charge in [-0.1, -0.05) is 13.3 Å². The van der Waals surface area contributed by atoms with Gasteiger partial charge in [-0.2, -0.15) is 0 Å². The van der Waals surface area contributed by atoms with Crippen LogP contribution in [0.25, 0.3) is 0 Å². The van der Waals surface area contributed by atoms with E-state index in [2.05, 4.69) is 12.2 Å². The molecule has 0 bridgehead atoms. The first-order chi connectivity index (χ1) is 9.82. The lowest BCUT2D eigenvalue weighted by Crippen LogP contribution is -2.24. The Kier molecular flexibility index (Phi) is 4.78. The van der Waals surface area contributed by atoms with Gasteiger partial charge < -0.3 is 10.1 Å². The van der Waals surface area contributed by atoms with Gasteiger partial charge in [0.25, 0.3) is 9.05 Å². The van der Waals surface area contributed by atoms with E-state index in [9.17, 15) is 13.2 Å². The predicted molar refractivity (Wildman–Crippen MR) is 81.2 cm³/mol. The molecule has 1 aromatic rings. The summed E-state index contributed by atoms with van der Waals surface area (Å²) in [5.41, 5.74) is 0.500. The molecule has 1 amide bonds. The van der Waals surface area contributed by atoms with Crippen molar-refractivity contribution in [1.82, 2.24) is 0 Å². The van der Waals surface area contributed by atoms with Crippen LogP contribution in [0, 0.1) is 11.8 Å².